The van der Waals surface area contributed by atoms with Gasteiger partial charge in [0.25, 0.3) is 5.91 Å². The Morgan fingerprint density at radius 1 is 1.32 bits per heavy atom. The molecule has 0 atom stereocenters. The number of anilines is 1. The van der Waals surface area contributed by atoms with E-state index in [2.05, 4.69) is 10.3 Å². The Morgan fingerprint density at radius 2 is 2.18 bits per heavy atom. The first-order valence-corrected chi connectivity index (χ1v) is 11.6. The number of nitrogens with one attached hydrogen (secondary N) is 1. The van der Waals surface area contributed by atoms with Crippen molar-refractivity contribution in [2.75, 3.05) is 19.0 Å². The Balaban J connectivity index is 1.53. The minimum absolute atomic E-state index is 0.200. The van der Waals surface area contributed by atoms with Gasteiger partial charge in [-0.1, -0.05) is 6.07 Å². The van der Waals surface area contributed by atoms with Crippen LogP contribution in [-0.4, -0.2) is 37.3 Å². The Kier molecular flexibility index (Phi) is 5.19. The van der Waals surface area contributed by atoms with Gasteiger partial charge >= 0.3 is 0 Å². The molecule has 0 aliphatic carbocycles. The quantitative estimate of drug-likeness (QED) is 0.665. The van der Waals surface area contributed by atoms with Crippen LogP contribution in [0.1, 0.15) is 20.9 Å². The molecule has 0 saturated carbocycles. The monoisotopic (exact) mass is 435 g/mol. The number of carbonyl (C=O) groups excluding carboxylic acids is 1. The van der Waals surface area contributed by atoms with Gasteiger partial charge in [-0.05, 0) is 23.6 Å². The summed E-state index contributed by atoms with van der Waals surface area (Å²) in [5.41, 5.74) is 1.42. The zero-order chi connectivity index (χ0) is 19.7. The van der Waals surface area contributed by atoms with Gasteiger partial charge in [0.2, 0.25) is 10.0 Å². The number of benzene rings is 1. The zero-order valence-electron chi connectivity index (χ0n) is 14.9. The lowest BCUT2D eigenvalue weighted by Crippen LogP contribution is -2.35. The van der Waals surface area contributed by atoms with Crippen molar-refractivity contribution >= 4 is 43.7 Å². The average Bonchev–Trinajstić information content (AvgIpc) is 3.36. The molecule has 1 amide bonds. The molecule has 28 heavy (non-hydrogen) atoms. The number of methoxy groups -OCH3 is 1. The summed E-state index contributed by atoms with van der Waals surface area (Å²) in [6.45, 7) is 0.578. The van der Waals surface area contributed by atoms with E-state index in [9.17, 15) is 13.2 Å². The maximum Gasteiger partial charge on any atom is 0.258 e. The number of ether oxygens (including phenoxy) is 1. The Hall–Kier alpha value is -2.27. The molecule has 0 bridgehead atoms. The molecule has 0 unspecified atom stereocenters. The van der Waals surface area contributed by atoms with Crippen molar-refractivity contribution in [1.82, 2.24) is 9.29 Å². The Bertz CT molecular complexity index is 1110. The zero-order valence-corrected chi connectivity index (χ0v) is 17.4. The summed E-state index contributed by atoms with van der Waals surface area (Å²) in [4.78, 5) is 17.7. The van der Waals surface area contributed by atoms with Crippen LogP contribution in [0.25, 0.3) is 0 Å². The molecule has 1 N–H and O–H groups in total. The molecule has 0 saturated heterocycles. The van der Waals surface area contributed by atoms with Crippen LogP contribution in [0.15, 0.2) is 46.0 Å². The number of hydrogen-bond acceptors (Lipinski definition) is 7. The predicted molar refractivity (Wildman–Crippen MR) is 109 cm³/mol. The van der Waals surface area contributed by atoms with Crippen LogP contribution < -0.4 is 10.1 Å². The fraction of sp³-hybridized carbons (Fsp3) is 0.222. The minimum atomic E-state index is -3.64. The Morgan fingerprint density at radius 3 is 2.93 bits per heavy atom. The summed E-state index contributed by atoms with van der Waals surface area (Å²) in [7, 11) is -2.14. The fourth-order valence-corrected chi connectivity index (χ4v) is 6.09. The van der Waals surface area contributed by atoms with Gasteiger partial charge in [0.05, 0.1) is 29.8 Å². The van der Waals surface area contributed by atoms with E-state index in [-0.39, 0.29) is 17.3 Å². The van der Waals surface area contributed by atoms with Crippen molar-refractivity contribution in [3.05, 3.63) is 57.2 Å². The van der Waals surface area contributed by atoms with E-state index in [0.717, 1.165) is 10.6 Å². The molecule has 4 rings (SSSR count). The number of carbonyl (C=O) groups is 1. The summed E-state index contributed by atoms with van der Waals surface area (Å²) in [5.74, 6) is 0.281. The van der Waals surface area contributed by atoms with Crippen molar-refractivity contribution in [2.45, 2.75) is 17.9 Å². The molecule has 10 heteroatoms. The highest BCUT2D eigenvalue weighted by molar-refractivity contribution is 7.89. The first kappa shape index (κ1) is 19.1. The second-order valence-corrected chi connectivity index (χ2v) is 9.92. The van der Waals surface area contributed by atoms with Crippen molar-refractivity contribution in [3.8, 4) is 5.75 Å². The third-order valence-electron chi connectivity index (χ3n) is 4.38. The largest absolute Gasteiger partial charge is 0.497 e. The number of thiazole rings is 1. The Labute approximate surface area is 170 Å². The second kappa shape index (κ2) is 7.63. The fourth-order valence-electron chi connectivity index (χ4n) is 2.90. The maximum absolute atomic E-state index is 13.0. The standard InChI is InChI=1S/C18H17N3O4S3/c1-25-13-3-2-4-14(9-13)28(23,24)21-7-5-15-16(10-21)27-18(19-15)20-17(22)12-6-8-26-11-12/h2-4,6,8-9,11H,5,7,10H2,1H3,(H,19,20,22). The van der Waals surface area contributed by atoms with Crippen LogP contribution in [0, 0.1) is 0 Å². The van der Waals surface area contributed by atoms with E-state index >= 15 is 0 Å². The molecule has 1 aliphatic heterocycles. The lowest BCUT2D eigenvalue weighted by atomic mass is 10.2. The summed E-state index contributed by atoms with van der Waals surface area (Å²) in [5, 5.41) is 6.89. The van der Waals surface area contributed by atoms with Crippen molar-refractivity contribution in [2.24, 2.45) is 0 Å². The summed E-state index contributed by atoms with van der Waals surface area (Å²) in [6.07, 6.45) is 0.503. The normalized spacial score (nSPS) is 14.5. The van der Waals surface area contributed by atoms with Gasteiger partial charge in [-0.15, -0.1) is 11.3 Å². The smallest absolute Gasteiger partial charge is 0.258 e. The van der Waals surface area contributed by atoms with Crippen LogP contribution in [0.5, 0.6) is 5.75 Å². The molecule has 3 heterocycles. The molecule has 7 nitrogen and oxygen atoms in total. The number of rotatable bonds is 5. The molecular weight excluding hydrogens is 418 g/mol. The molecule has 1 aliphatic rings. The minimum Gasteiger partial charge on any atom is -0.497 e. The lowest BCUT2D eigenvalue weighted by Gasteiger charge is -2.25. The third kappa shape index (κ3) is 3.68. The summed E-state index contributed by atoms with van der Waals surface area (Å²) >= 11 is 2.76. The number of amides is 1. The van der Waals surface area contributed by atoms with Gasteiger partial charge in [-0.25, -0.2) is 13.4 Å². The molecule has 0 spiro atoms. The highest BCUT2D eigenvalue weighted by Crippen LogP contribution is 2.32. The number of fused-ring (bicyclic) bond motifs is 1. The SMILES string of the molecule is COc1cccc(S(=O)(=O)N2CCc3nc(NC(=O)c4ccsc4)sc3C2)c1. The van der Waals surface area contributed by atoms with E-state index in [0.29, 0.717) is 29.4 Å². The lowest BCUT2D eigenvalue weighted by molar-refractivity contribution is 0.102. The highest BCUT2D eigenvalue weighted by Gasteiger charge is 2.31. The summed E-state index contributed by atoms with van der Waals surface area (Å²) < 4.78 is 32.6. The van der Waals surface area contributed by atoms with Gasteiger partial charge in [0.1, 0.15) is 5.75 Å². The molecule has 1 aromatic carbocycles. The topological polar surface area (TPSA) is 88.6 Å². The number of thiophene rings is 1. The van der Waals surface area contributed by atoms with E-state index in [1.54, 1.807) is 29.6 Å². The van der Waals surface area contributed by atoms with Crippen molar-refractivity contribution in [1.29, 1.82) is 0 Å². The predicted octanol–water partition coefficient (Wildman–Crippen LogP) is 3.21. The second-order valence-electron chi connectivity index (χ2n) is 6.12. The first-order chi connectivity index (χ1) is 13.5. The molecule has 0 fully saturated rings. The van der Waals surface area contributed by atoms with Crippen LogP contribution >= 0.6 is 22.7 Å². The van der Waals surface area contributed by atoms with Crippen LogP contribution in [0.4, 0.5) is 5.13 Å². The number of sulfonamides is 1. The summed E-state index contributed by atoms with van der Waals surface area (Å²) in [6, 6.07) is 8.19. The van der Waals surface area contributed by atoms with Gasteiger partial charge in [0, 0.05) is 29.3 Å². The number of nitrogens with zero attached hydrogens (tertiary/aromatic N) is 2. The van der Waals surface area contributed by atoms with Gasteiger partial charge in [-0.3, -0.25) is 10.1 Å². The molecule has 0 radical (unpaired) electrons. The third-order valence-corrected chi connectivity index (χ3v) is 7.90. The number of aromatic nitrogens is 1. The first-order valence-electron chi connectivity index (χ1n) is 8.44. The average molecular weight is 436 g/mol. The van der Waals surface area contributed by atoms with Gasteiger partial charge < -0.3 is 4.74 Å². The number of hydrogen-bond donors (Lipinski definition) is 1. The van der Waals surface area contributed by atoms with Crippen LogP contribution in [0.3, 0.4) is 0 Å². The maximum atomic E-state index is 13.0. The van der Waals surface area contributed by atoms with E-state index in [1.165, 1.54) is 40.2 Å². The van der Waals surface area contributed by atoms with E-state index in [1.807, 2.05) is 5.38 Å². The molecule has 3 aromatic rings. The molecule has 2 aromatic heterocycles. The van der Waals surface area contributed by atoms with Crippen LogP contribution in [-0.2, 0) is 23.0 Å². The van der Waals surface area contributed by atoms with Crippen LogP contribution in [0.2, 0.25) is 0 Å². The van der Waals surface area contributed by atoms with Gasteiger partial charge in [-0.2, -0.15) is 15.6 Å². The highest BCUT2D eigenvalue weighted by atomic mass is 32.2. The van der Waals surface area contributed by atoms with E-state index < -0.39 is 10.0 Å². The molecular formula is C18H17N3O4S3. The van der Waals surface area contributed by atoms with E-state index in [4.69, 9.17) is 4.74 Å². The van der Waals surface area contributed by atoms with Crippen molar-refractivity contribution in [3.63, 3.8) is 0 Å². The molecule has 146 valence electrons. The van der Waals surface area contributed by atoms with Gasteiger partial charge in [0.15, 0.2) is 5.13 Å². The van der Waals surface area contributed by atoms with Crippen molar-refractivity contribution < 1.29 is 17.9 Å².